The first kappa shape index (κ1) is 15.3. The number of rotatable bonds is 7. The summed E-state index contributed by atoms with van der Waals surface area (Å²) in [4.78, 5) is 12.2. The van der Waals surface area contributed by atoms with Crippen LogP contribution in [0.4, 0.5) is 0 Å². The van der Waals surface area contributed by atoms with Crippen molar-refractivity contribution in [1.29, 1.82) is 0 Å². The van der Waals surface area contributed by atoms with E-state index in [-0.39, 0.29) is 17.1 Å². The molecule has 2 atom stereocenters. The standard InChI is InChI=1S/C18H31NO2/c1-2-3-4-5-6-7-16(20)21-18-11-14-8-15(12-18)10-17(19,9-14)13-18/h14-15H,2-13,19H2,1H3. The summed E-state index contributed by atoms with van der Waals surface area (Å²) in [7, 11) is 0. The summed E-state index contributed by atoms with van der Waals surface area (Å²) in [6, 6.07) is 0. The number of carbonyl (C=O) groups is 1. The lowest BCUT2D eigenvalue weighted by atomic mass is 9.51. The molecule has 2 N–H and O–H groups in total. The minimum Gasteiger partial charge on any atom is -0.459 e. The number of esters is 1. The molecule has 0 aliphatic heterocycles. The highest BCUT2D eigenvalue weighted by Crippen LogP contribution is 2.58. The van der Waals surface area contributed by atoms with Crippen LogP contribution in [0.5, 0.6) is 0 Å². The smallest absolute Gasteiger partial charge is 0.306 e. The van der Waals surface area contributed by atoms with Crippen LogP contribution in [0, 0.1) is 11.8 Å². The fraction of sp³-hybridized carbons (Fsp3) is 0.944. The summed E-state index contributed by atoms with van der Waals surface area (Å²) in [5, 5.41) is 0. The van der Waals surface area contributed by atoms with Crippen LogP contribution in [-0.4, -0.2) is 17.1 Å². The normalized spacial score (nSPS) is 40.5. The predicted molar refractivity (Wildman–Crippen MR) is 83.8 cm³/mol. The van der Waals surface area contributed by atoms with Crippen LogP contribution in [0.15, 0.2) is 0 Å². The van der Waals surface area contributed by atoms with Gasteiger partial charge in [0, 0.05) is 18.4 Å². The van der Waals surface area contributed by atoms with Crippen molar-refractivity contribution in [2.45, 2.75) is 95.1 Å². The van der Waals surface area contributed by atoms with E-state index in [0.29, 0.717) is 18.3 Å². The maximum Gasteiger partial charge on any atom is 0.306 e. The second-order valence-electron chi connectivity index (χ2n) is 8.14. The molecule has 0 spiro atoms. The Hall–Kier alpha value is -0.570. The fourth-order valence-corrected chi connectivity index (χ4v) is 5.53. The van der Waals surface area contributed by atoms with Crippen LogP contribution < -0.4 is 5.73 Å². The zero-order valence-corrected chi connectivity index (χ0v) is 13.5. The van der Waals surface area contributed by atoms with Crippen LogP contribution >= 0.6 is 0 Å². The van der Waals surface area contributed by atoms with Gasteiger partial charge in [-0.1, -0.05) is 32.6 Å². The van der Waals surface area contributed by atoms with Crippen LogP contribution in [0.3, 0.4) is 0 Å². The van der Waals surface area contributed by atoms with E-state index in [1.165, 1.54) is 25.7 Å². The van der Waals surface area contributed by atoms with Gasteiger partial charge in [-0.2, -0.15) is 0 Å². The number of unbranched alkanes of at least 4 members (excludes halogenated alkanes) is 4. The van der Waals surface area contributed by atoms with E-state index in [4.69, 9.17) is 10.5 Å². The van der Waals surface area contributed by atoms with E-state index >= 15 is 0 Å². The monoisotopic (exact) mass is 293 g/mol. The van der Waals surface area contributed by atoms with Gasteiger partial charge in [0.05, 0.1) is 0 Å². The van der Waals surface area contributed by atoms with E-state index in [0.717, 1.165) is 44.9 Å². The quantitative estimate of drug-likeness (QED) is 0.571. The van der Waals surface area contributed by atoms with E-state index in [9.17, 15) is 4.79 Å². The van der Waals surface area contributed by atoms with E-state index < -0.39 is 0 Å². The predicted octanol–water partition coefficient (Wildman–Crippen LogP) is 3.94. The van der Waals surface area contributed by atoms with Gasteiger partial charge in [-0.15, -0.1) is 0 Å². The molecule has 4 bridgehead atoms. The molecule has 0 radical (unpaired) electrons. The summed E-state index contributed by atoms with van der Waals surface area (Å²) in [5.74, 6) is 1.43. The van der Waals surface area contributed by atoms with Gasteiger partial charge in [-0.05, 0) is 50.4 Å². The summed E-state index contributed by atoms with van der Waals surface area (Å²) >= 11 is 0. The molecule has 3 heteroatoms. The molecule has 0 aromatic rings. The third kappa shape index (κ3) is 3.44. The zero-order valence-electron chi connectivity index (χ0n) is 13.5. The van der Waals surface area contributed by atoms with E-state index in [2.05, 4.69) is 6.92 Å². The molecule has 120 valence electrons. The van der Waals surface area contributed by atoms with Crippen molar-refractivity contribution in [2.75, 3.05) is 0 Å². The average Bonchev–Trinajstić information content (AvgIpc) is 2.34. The van der Waals surface area contributed by atoms with Gasteiger partial charge in [0.2, 0.25) is 0 Å². The Bertz CT molecular complexity index is 379. The Labute approximate surface area is 129 Å². The average molecular weight is 293 g/mol. The SMILES string of the molecule is CCCCCCCC(=O)OC12CC3CC(CC(N)(C3)C1)C2. The molecule has 4 fully saturated rings. The fourth-order valence-electron chi connectivity index (χ4n) is 5.53. The van der Waals surface area contributed by atoms with Crippen LogP contribution in [0.2, 0.25) is 0 Å². The largest absolute Gasteiger partial charge is 0.459 e. The molecule has 4 aliphatic carbocycles. The number of nitrogens with two attached hydrogens (primary N) is 1. The lowest BCUT2D eigenvalue weighted by Gasteiger charge is -2.60. The molecule has 4 aliphatic rings. The summed E-state index contributed by atoms with van der Waals surface area (Å²) in [6.07, 6.45) is 13.2. The second kappa shape index (κ2) is 5.91. The highest BCUT2D eigenvalue weighted by molar-refractivity contribution is 5.70. The van der Waals surface area contributed by atoms with Crippen molar-refractivity contribution in [2.24, 2.45) is 17.6 Å². The molecule has 2 unspecified atom stereocenters. The molecule has 4 saturated carbocycles. The molecule has 4 rings (SSSR count). The Morgan fingerprint density at radius 2 is 1.76 bits per heavy atom. The molecule has 0 aromatic heterocycles. The van der Waals surface area contributed by atoms with Crippen molar-refractivity contribution in [3.05, 3.63) is 0 Å². The third-order valence-corrected chi connectivity index (χ3v) is 5.87. The molecule has 0 saturated heterocycles. The number of hydrogen-bond donors (Lipinski definition) is 1. The number of ether oxygens (including phenoxy) is 1. The Balaban J connectivity index is 1.49. The summed E-state index contributed by atoms with van der Waals surface area (Å²) in [6.45, 7) is 2.21. The number of hydrogen-bond acceptors (Lipinski definition) is 3. The van der Waals surface area contributed by atoms with E-state index in [1.54, 1.807) is 0 Å². The van der Waals surface area contributed by atoms with E-state index in [1.807, 2.05) is 0 Å². The van der Waals surface area contributed by atoms with Gasteiger partial charge >= 0.3 is 5.97 Å². The first-order valence-corrected chi connectivity index (χ1v) is 9.03. The Kier molecular flexibility index (Phi) is 4.31. The molecule has 21 heavy (non-hydrogen) atoms. The Morgan fingerprint density at radius 3 is 2.38 bits per heavy atom. The second-order valence-corrected chi connectivity index (χ2v) is 8.14. The number of carbonyl (C=O) groups excluding carboxylic acids is 1. The maximum atomic E-state index is 12.2. The van der Waals surface area contributed by atoms with Crippen LogP contribution in [0.25, 0.3) is 0 Å². The van der Waals surface area contributed by atoms with Crippen LogP contribution in [-0.2, 0) is 9.53 Å². The summed E-state index contributed by atoms with van der Waals surface area (Å²) in [5.41, 5.74) is 6.31. The maximum absolute atomic E-state index is 12.2. The van der Waals surface area contributed by atoms with Crippen molar-refractivity contribution >= 4 is 5.97 Å². The highest BCUT2D eigenvalue weighted by atomic mass is 16.6. The third-order valence-electron chi connectivity index (χ3n) is 5.87. The first-order chi connectivity index (χ1) is 10.0. The minimum absolute atomic E-state index is 0.0250. The van der Waals surface area contributed by atoms with Gasteiger partial charge in [0.1, 0.15) is 5.60 Å². The van der Waals surface area contributed by atoms with Crippen molar-refractivity contribution in [1.82, 2.24) is 0 Å². The van der Waals surface area contributed by atoms with Crippen molar-refractivity contribution < 1.29 is 9.53 Å². The van der Waals surface area contributed by atoms with Gasteiger partial charge in [0.15, 0.2) is 0 Å². The molecule has 0 aromatic carbocycles. The molecular formula is C18H31NO2. The lowest BCUT2D eigenvalue weighted by Crippen LogP contribution is -2.64. The Morgan fingerprint density at radius 1 is 1.10 bits per heavy atom. The molecule has 3 nitrogen and oxygen atoms in total. The minimum atomic E-state index is -0.195. The van der Waals surface area contributed by atoms with Gasteiger partial charge in [-0.25, -0.2) is 0 Å². The molecule has 0 heterocycles. The van der Waals surface area contributed by atoms with Gasteiger partial charge < -0.3 is 10.5 Å². The first-order valence-electron chi connectivity index (χ1n) is 9.03. The topological polar surface area (TPSA) is 52.3 Å². The molecular weight excluding hydrogens is 262 g/mol. The summed E-state index contributed by atoms with van der Waals surface area (Å²) < 4.78 is 6.00. The molecule has 0 amide bonds. The van der Waals surface area contributed by atoms with Crippen molar-refractivity contribution in [3.63, 3.8) is 0 Å². The zero-order chi connectivity index (χ0) is 14.9. The van der Waals surface area contributed by atoms with Crippen LogP contribution in [0.1, 0.15) is 84.0 Å². The van der Waals surface area contributed by atoms with Crippen molar-refractivity contribution in [3.8, 4) is 0 Å². The lowest BCUT2D eigenvalue weighted by molar-refractivity contribution is -0.189. The highest BCUT2D eigenvalue weighted by Gasteiger charge is 2.58. The van der Waals surface area contributed by atoms with Gasteiger partial charge in [-0.3, -0.25) is 4.79 Å². The van der Waals surface area contributed by atoms with Gasteiger partial charge in [0.25, 0.3) is 0 Å².